The third-order valence-corrected chi connectivity index (χ3v) is 7.67. The van der Waals surface area contributed by atoms with E-state index in [9.17, 15) is 0 Å². The Morgan fingerprint density at radius 3 is 2.81 bits per heavy atom. The molecule has 4 atom stereocenters. The maximum Gasteiger partial charge on any atom is 0.128 e. The third-order valence-electron chi connectivity index (χ3n) is 7.67. The summed E-state index contributed by atoms with van der Waals surface area (Å²) < 4.78 is 6.93. The van der Waals surface area contributed by atoms with Gasteiger partial charge in [-0.1, -0.05) is 80.0 Å². The van der Waals surface area contributed by atoms with Gasteiger partial charge in [-0.25, -0.2) is 0 Å². The van der Waals surface area contributed by atoms with Crippen LogP contribution >= 0.6 is 0 Å². The molecule has 2 aromatic rings. The minimum Gasteiger partial charge on any atom is -0.485 e. The fourth-order valence-electron chi connectivity index (χ4n) is 6.06. The first-order valence-electron chi connectivity index (χ1n) is 12.7. The zero-order valence-electron chi connectivity index (χ0n) is 19.2. The van der Waals surface area contributed by atoms with Gasteiger partial charge in [0.15, 0.2) is 0 Å². The van der Waals surface area contributed by atoms with E-state index >= 15 is 0 Å². The zero-order chi connectivity index (χ0) is 21.8. The molecule has 0 aromatic heterocycles. The van der Waals surface area contributed by atoms with Crippen LogP contribution in [0.25, 0.3) is 12.2 Å². The largest absolute Gasteiger partial charge is 0.485 e. The topological polar surface area (TPSA) is 35.2 Å². The molecule has 5 rings (SSSR count). The highest BCUT2D eigenvalue weighted by Gasteiger charge is 2.36. The number of fused-ring (bicyclic) bond motifs is 2. The quantitative estimate of drug-likeness (QED) is 0.647. The van der Waals surface area contributed by atoms with Crippen molar-refractivity contribution in [3.8, 4) is 5.75 Å². The summed E-state index contributed by atoms with van der Waals surface area (Å²) in [6.07, 6.45) is 21.3. The minimum atomic E-state index is 0.127. The molecular weight excluding hydrogens is 390 g/mol. The van der Waals surface area contributed by atoms with E-state index in [1.54, 1.807) is 0 Å². The molecule has 1 saturated carbocycles. The van der Waals surface area contributed by atoms with Crippen molar-refractivity contribution in [2.24, 2.45) is 17.6 Å². The van der Waals surface area contributed by atoms with Crippen LogP contribution in [0.1, 0.15) is 75.0 Å². The van der Waals surface area contributed by atoms with Crippen LogP contribution < -0.4 is 20.9 Å². The summed E-state index contributed by atoms with van der Waals surface area (Å²) in [5, 5.41) is 2.52. The Morgan fingerprint density at radius 2 is 1.84 bits per heavy atom. The number of hydrogen-bond donors (Lipinski definition) is 1. The monoisotopic (exact) mass is 427 g/mol. The third kappa shape index (κ3) is 4.86. The van der Waals surface area contributed by atoms with Crippen LogP contribution in [0.2, 0.25) is 0 Å². The Balaban J connectivity index is 1.46. The molecule has 0 radical (unpaired) electrons. The summed E-state index contributed by atoms with van der Waals surface area (Å²) in [6.45, 7) is 0. The van der Waals surface area contributed by atoms with Crippen molar-refractivity contribution in [1.82, 2.24) is 0 Å². The van der Waals surface area contributed by atoms with Gasteiger partial charge in [-0.3, -0.25) is 0 Å². The molecular formula is C30H37NO. The van der Waals surface area contributed by atoms with Crippen LogP contribution in [-0.2, 0) is 6.42 Å². The Kier molecular flexibility index (Phi) is 6.78. The summed E-state index contributed by atoms with van der Waals surface area (Å²) >= 11 is 0. The van der Waals surface area contributed by atoms with Crippen LogP contribution in [0.15, 0.2) is 54.6 Å². The second-order valence-corrected chi connectivity index (χ2v) is 10.1. The number of allylic oxidation sites excluding steroid dienone is 2. The predicted molar refractivity (Wildman–Crippen MR) is 134 cm³/mol. The van der Waals surface area contributed by atoms with Crippen molar-refractivity contribution in [1.29, 1.82) is 0 Å². The molecule has 1 unspecified atom stereocenters. The molecule has 0 aliphatic heterocycles. The van der Waals surface area contributed by atoms with Gasteiger partial charge in [0, 0.05) is 17.2 Å². The Morgan fingerprint density at radius 1 is 0.938 bits per heavy atom. The highest BCUT2D eigenvalue weighted by Crippen LogP contribution is 2.43. The molecule has 2 heteroatoms. The average molecular weight is 428 g/mol. The van der Waals surface area contributed by atoms with Crippen molar-refractivity contribution in [2.45, 2.75) is 76.4 Å². The van der Waals surface area contributed by atoms with Crippen LogP contribution in [0, 0.1) is 11.8 Å². The first-order chi connectivity index (χ1) is 15.8. The molecule has 0 saturated heterocycles. The fourth-order valence-corrected chi connectivity index (χ4v) is 6.06. The Bertz CT molecular complexity index is 1070. The molecule has 2 nitrogen and oxygen atoms in total. The average Bonchev–Trinajstić information content (AvgIpc) is 3.07. The molecule has 32 heavy (non-hydrogen) atoms. The second kappa shape index (κ2) is 10.1. The molecule has 0 bridgehead atoms. The fraction of sp³-hybridized carbons (Fsp3) is 0.467. The standard InChI is InChI=1S/C30H37NO/c31-26-15-8-6-11-22(20-26)19-25-21-24-13-7-9-17-28(24)30(25)32-29-18-10-14-23-12-4-2-1-3-5-16-27(23)29/h3,5,7,9-10,12-14,16-18,22,25-26,30H,1-2,4,6,8,11,15,19-21,31H2/b5-3+,23-12-,27-16+/t22?,25-,26+,30+/m1/s1. The summed E-state index contributed by atoms with van der Waals surface area (Å²) in [6, 6.07) is 15.8. The lowest BCUT2D eigenvalue weighted by Gasteiger charge is -2.27. The Hall–Kier alpha value is -2.32. The molecule has 3 aliphatic carbocycles. The zero-order valence-corrected chi connectivity index (χ0v) is 19.2. The number of hydrogen-bond acceptors (Lipinski definition) is 2. The van der Waals surface area contributed by atoms with E-state index in [-0.39, 0.29) is 6.10 Å². The normalized spacial score (nSPS) is 30.7. The van der Waals surface area contributed by atoms with E-state index in [4.69, 9.17) is 10.5 Å². The van der Waals surface area contributed by atoms with E-state index in [1.807, 2.05) is 0 Å². The number of nitrogens with two attached hydrogens (primary N) is 1. The summed E-state index contributed by atoms with van der Waals surface area (Å²) in [5.74, 6) is 2.27. The SMILES string of the molecule is N[C@H]1CCCCC(C[C@@H]2Cc3ccccc3[C@H]2Oc2cccc3/c2=C\C=C\CCC\C=3)C1. The van der Waals surface area contributed by atoms with Crippen LogP contribution in [0.5, 0.6) is 5.75 Å². The number of benzene rings is 2. The molecule has 2 aromatic carbocycles. The lowest BCUT2D eigenvalue weighted by molar-refractivity contribution is 0.126. The van der Waals surface area contributed by atoms with E-state index in [0.717, 1.165) is 30.9 Å². The van der Waals surface area contributed by atoms with E-state index in [2.05, 4.69) is 66.8 Å². The van der Waals surface area contributed by atoms with Crippen molar-refractivity contribution in [2.75, 3.05) is 0 Å². The van der Waals surface area contributed by atoms with Crippen molar-refractivity contribution in [3.63, 3.8) is 0 Å². The molecule has 2 N–H and O–H groups in total. The first kappa shape index (κ1) is 21.5. The molecule has 0 spiro atoms. The van der Waals surface area contributed by atoms with Gasteiger partial charge < -0.3 is 10.5 Å². The van der Waals surface area contributed by atoms with Gasteiger partial charge in [0.2, 0.25) is 0 Å². The summed E-state index contributed by atoms with van der Waals surface area (Å²) in [7, 11) is 0. The van der Waals surface area contributed by atoms with Crippen LogP contribution in [-0.4, -0.2) is 6.04 Å². The summed E-state index contributed by atoms with van der Waals surface area (Å²) in [4.78, 5) is 0. The van der Waals surface area contributed by atoms with Gasteiger partial charge in [0.05, 0.1) is 0 Å². The lowest BCUT2D eigenvalue weighted by atomic mass is 9.85. The van der Waals surface area contributed by atoms with Crippen molar-refractivity contribution >= 4 is 12.2 Å². The van der Waals surface area contributed by atoms with Gasteiger partial charge in [0.25, 0.3) is 0 Å². The maximum absolute atomic E-state index is 6.93. The smallest absolute Gasteiger partial charge is 0.128 e. The van der Waals surface area contributed by atoms with Crippen LogP contribution in [0.4, 0.5) is 0 Å². The van der Waals surface area contributed by atoms with Gasteiger partial charge >= 0.3 is 0 Å². The molecule has 0 heterocycles. The Labute approximate surface area is 192 Å². The number of ether oxygens (including phenoxy) is 1. The first-order valence-corrected chi connectivity index (χ1v) is 12.7. The van der Waals surface area contributed by atoms with Gasteiger partial charge in [-0.05, 0) is 73.3 Å². The maximum atomic E-state index is 6.93. The molecule has 1 fully saturated rings. The molecule has 3 aliphatic rings. The molecule has 168 valence electrons. The van der Waals surface area contributed by atoms with Crippen LogP contribution in [0.3, 0.4) is 0 Å². The molecule has 0 amide bonds. The van der Waals surface area contributed by atoms with Gasteiger partial charge in [0.1, 0.15) is 11.9 Å². The minimum absolute atomic E-state index is 0.127. The number of rotatable bonds is 4. The second-order valence-electron chi connectivity index (χ2n) is 10.1. The van der Waals surface area contributed by atoms with E-state index in [0.29, 0.717) is 12.0 Å². The van der Waals surface area contributed by atoms with Crippen molar-refractivity contribution < 1.29 is 4.74 Å². The highest BCUT2D eigenvalue weighted by atomic mass is 16.5. The summed E-state index contributed by atoms with van der Waals surface area (Å²) in [5.41, 5.74) is 9.26. The van der Waals surface area contributed by atoms with E-state index < -0.39 is 0 Å². The lowest BCUT2D eigenvalue weighted by Crippen LogP contribution is -2.29. The highest BCUT2D eigenvalue weighted by molar-refractivity contribution is 5.46. The van der Waals surface area contributed by atoms with Gasteiger partial charge in [-0.2, -0.15) is 0 Å². The van der Waals surface area contributed by atoms with Gasteiger partial charge in [-0.15, -0.1) is 0 Å². The predicted octanol–water partition coefficient (Wildman–Crippen LogP) is 5.58. The van der Waals surface area contributed by atoms with E-state index in [1.165, 1.54) is 66.5 Å². The van der Waals surface area contributed by atoms with Crippen molar-refractivity contribution in [3.05, 3.63) is 76.2 Å².